The maximum Gasteiger partial charge on any atom is 0.151 e. The van der Waals surface area contributed by atoms with Crippen molar-refractivity contribution in [1.82, 2.24) is 4.98 Å². The zero-order valence-electron chi connectivity index (χ0n) is 18.3. The van der Waals surface area contributed by atoms with Crippen LogP contribution in [0.25, 0.3) is 32.7 Å². The summed E-state index contributed by atoms with van der Waals surface area (Å²) in [4.78, 5) is 6.56. The molecule has 0 N–H and O–H groups in total. The Morgan fingerprint density at radius 2 is 1.26 bits per heavy atom. The highest BCUT2D eigenvalue weighted by molar-refractivity contribution is 6.07. The first-order valence-electron chi connectivity index (χ1n) is 11.4. The molecule has 0 fully saturated rings. The second-order valence-electron chi connectivity index (χ2n) is 8.49. The molecule has 1 aliphatic heterocycles. The van der Waals surface area contributed by atoms with Crippen LogP contribution in [0.3, 0.4) is 0 Å². The van der Waals surface area contributed by atoms with Gasteiger partial charge < -0.3 is 9.64 Å². The quantitative estimate of drug-likeness (QED) is 0.271. The molecule has 160 valence electrons. The molecular weight excluding hydrogens is 416 g/mol. The number of benzene rings is 5. The lowest BCUT2D eigenvalue weighted by Gasteiger charge is -2.33. The van der Waals surface area contributed by atoms with Gasteiger partial charge in [-0.2, -0.15) is 0 Å². The molecule has 3 nitrogen and oxygen atoms in total. The van der Waals surface area contributed by atoms with E-state index in [4.69, 9.17) is 4.74 Å². The van der Waals surface area contributed by atoms with E-state index >= 15 is 0 Å². The topological polar surface area (TPSA) is 25.4 Å². The minimum absolute atomic E-state index is 0.859. The third-order valence-electron chi connectivity index (χ3n) is 6.52. The van der Waals surface area contributed by atoms with Crippen LogP contribution in [0, 0.1) is 0 Å². The van der Waals surface area contributed by atoms with Gasteiger partial charge in [-0.3, -0.25) is 4.98 Å². The van der Waals surface area contributed by atoms with Crippen molar-refractivity contribution >= 4 is 38.6 Å². The maximum absolute atomic E-state index is 6.23. The fourth-order valence-electron chi connectivity index (χ4n) is 4.96. The van der Waals surface area contributed by atoms with Gasteiger partial charge in [0.1, 0.15) is 0 Å². The van der Waals surface area contributed by atoms with E-state index in [1.165, 1.54) is 27.3 Å². The predicted molar refractivity (Wildman–Crippen MR) is 139 cm³/mol. The average Bonchev–Trinajstić information content (AvgIpc) is 2.91. The molecule has 1 aromatic heterocycles. The lowest BCUT2D eigenvalue weighted by atomic mass is 9.95. The van der Waals surface area contributed by atoms with Crippen LogP contribution in [-0.4, -0.2) is 4.98 Å². The summed E-state index contributed by atoms with van der Waals surface area (Å²) in [5.74, 6) is 1.72. The van der Waals surface area contributed by atoms with Crippen molar-refractivity contribution in [1.29, 1.82) is 0 Å². The van der Waals surface area contributed by atoms with Crippen molar-refractivity contribution in [3.8, 4) is 22.6 Å². The van der Waals surface area contributed by atoms with Crippen LogP contribution >= 0.6 is 0 Å². The van der Waals surface area contributed by atoms with E-state index in [9.17, 15) is 0 Å². The van der Waals surface area contributed by atoms with Crippen LogP contribution < -0.4 is 9.64 Å². The van der Waals surface area contributed by atoms with Crippen molar-refractivity contribution in [3.05, 3.63) is 122 Å². The minimum Gasteiger partial charge on any atom is -0.453 e. The normalized spacial score (nSPS) is 12.3. The highest BCUT2D eigenvalue weighted by Crippen LogP contribution is 2.51. The van der Waals surface area contributed by atoms with E-state index in [1.54, 1.807) is 0 Å². The molecule has 7 rings (SSSR count). The Bertz CT molecular complexity index is 1660. The standard InChI is InChI=1S/C31H20N2O/c1-3-13-30-28(10-1)33(29-11-2-4-14-31(29)34-30)27-12-6-8-25-24(7-5-9-26(25)27)22-15-16-23-20-32-18-17-21(23)19-22/h1-20H. The van der Waals surface area contributed by atoms with Crippen molar-refractivity contribution in [2.45, 2.75) is 0 Å². The van der Waals surface area contributed by atoms with Crippen LogP contribution in [0.2, 0.25) is 0 Å². The minimum atomic E-state index is 0.859. The number of para-hydroxylation sites is 4. The molecule has 0 aliphatic carbocycles. The molecule has 0 saturated carbocycles. The number of fused-ring (bicyclic) bond motifs is 4. The number of hydrogen-bond donors (Lipinski definition) is 0. The molecule has 6 aromatic rings. The summed E-state index contributed by atoms with van der Waals surface area (Å²) in [5.41, 5.74) is 5.62. The Morgan fingerprint density at radius 3 is 2.09 bits per heavy atom. The Labute approximate surface area is 197 Å². The van der Waals surface area contributed by atoms with E-state index in [0.717, 1.165) is 33.9 Å². The molecule has 3 heteroatoms. The molecule has 0 atom stereocenters. The van der Waals surface area contributed by atoms with Gasteiger partial charge in [0.2, 0.25) is 0 Å². The predicted octanol–water partition coefficient (Wildman–Crippen LogP) is 8.63. The average molecular weight is 437 g/mol. The molecule has 0 radical (unpaired) electrons. The van der Waals surface area contributed by atoms with Crippen molar-refractivity contribution in [2.75, 3.05) is 4.90 Å². The summed E-state index contributed by atoms with van der Waals surface area (Å²) in [6.07, 6.45) is 3.76. The third-order valence-corrected chi connectivity index (χ3v) is 6.52. The second-order valence-corrected chi connectivity index (χ2v) is 8.49. The fourth-order valence-corrected chi connectivity index (χ4v) is 4.96. The first-order valence-corrected chi connectivity index (χ1v) is 11.4. The van der Waals surface area contributed by atoms with Gasteiger partial charge in [-0.1, -0.05) is 66.7 Å². The molecule has 0 bridgehead atoms. The first kappa shape index (κ1) is 18.9. The Hall–Kier alpha value is -4.63. The van der Waals surface area contributed by atoms with Gasteiger partial charge in [-0.05, 0) is 64.4 Å². The van der Waals surface area contributed by atoms with Crippen LogP contribution in [0.1, 0.15) is 0 Å². The van der Waals surface area contributed by atoms with Gasteiger partial charge in [-0.15, -0.1) is 0 Å². The molecule has 0 amide bonds. The molecule has 34 heavy (non-hydrogen) atoms. The van der Waals surface area contributed by atoms with E-state index in [-0.39, 0.29) is 0 Å². The zero-order valence-corrected chi connectivity index (χ0v) is 18.3. The fraction of sp³-hybridized carbons (Fsp3) is 0. The molecular formula is C31H20N2O. The SMILES string of the molecule is c1ccc2c(c1)Oc1ccccc1N2c1cccc2c(-c3ccc4cnccc4c3)cccc12. The van der Waals surface area contributed by atoms with Gasteiger partial charge in [-0.25, -0.2) is 0 Å². The van der Waals surface area contributed by atoms with E-state index in [0.29, 0.717) is 0 Å². The summed E-state index contributed by atoms with van der Waals surface area (Å²) in [6.45, 7) is 0. The molecule has 2 heterocycles. The smallest absolute Gasteiger partial charge is 0.151 e. The first-order chi connectivity index (χ1) is 16.9. The zero-order chi connectivity index (χ0) is 22.5. The summed E-state index contributed by atoms with van der Waals surface area (Å²) < 4.78 is 6.23. The number of anilines is 3. The summed E-state index contributed by atoms with van der Waals surface area (Å²) >= 11 is 0. The number of nitrogens with zero attached hydrogens (tertiary/aromatic N) is 2. The highest BCUT2D eigenvalue weighted by atomic mass is 16.5. The number of pyridine rings is 1. The van der Waals surface area contributed by atoms with E-state index < -0.39 is 0 Å². The number of aromatic nitrogens is 1. The van der Waals surface area contributed by atoms with E-state index in [2.05, 4.69) is 94.8 Å². The summed E-state index contributed by atoms with van der Waals surface area (Å²) in [6, 6.07) is 38.2. The molecule has 0 saturated heterocycles. The van der Waals surface area contributed by atoms with Crippen LogP contribution in [-0.2, 0) is 0 Å². The van der Waals surface area contributed by atoms with Gasteiger partial charge in [0, 0.05) is 23.2 Å². The van der Waals surface area contributed by atoms with Crippen molar-refractivity contribution < 1.29 is 4.74 Å². The lowest BCUT2D eigenvalue weighted by Crippen LogP contribution is -2.15. The Kier molecular flexibility index (Phi) is 4.15. The van der Waals surface area contributed by atoms with Crippen LogP contribution in [0.15, 0.2) is 122 Å². The van der Waals surface area contributed by atoms with Crippen molar-refractivity contribution in [2.24, 2.45) is 0 Å². The van der Waals surface area contributed by atoms with Crippen LogP contribution in [0.5, 0.6) is 11.5 Å². The third kappa shape index (κ3) is 2.87. The molecule has 0 spiro atoms. The lowest BCUT2D eigenvalue weighted by molar-refractivity contribution is 0.477. The summed E-state index contributed by atoms with van der Waals surface area (Å²) in [7, 11) is 0. The number of rotatable bonds is 2. The number of hydrogen-bond acceptors (Lipinski definition) is 3. The molecule has 5 aromatic carbocycles. The highest BCUT2D eigenvalue weighted by Gasteiger charge is 2.26. The van der Waals surface area contributed by atoms with E-state index in [1.807, 2.05) is 36.7 Å². The van der Waals surface area contributed by atoms with Gasteiger partial charge >= 0.3 is 0 Å². The second kappa shape index (κ2) is 7.46. The Balaban J connectivity index is 1.47. The molecule has 1 aliphatic rings. The summed E-state index contributed by atoms with van der Waals surface area (Å²) in [5, 5.41) is 4.75. The van der Waals surface area contributed by atoms with Crippen molar-refractivity contribution in [3.63, 3.8) is 0 Å². The van der Waals surface area contributed by atoms with Gasteiger partial charge in [0.25, 0.3) is 0 Å². The Morgan fingerprint density at radius 1 is 0.559 bits per heavy atom. The largest absolute Gasteiger partial charge is 0.453 e. The van der Waals surface area contributed by atoms with Gasteiger partial charge in [0.05, 0.1) is 17.1 Å². The maximum atomic E-state index is 6.23. The van der Waals surface area contributed by atoms with Crippen LogP contribution in [0.4, 0.5) is 17.1 Å². The number of ether oxygens (including phenoxy) is 1. The monoisotopic (exact) mass is 436 g/mol. The van der Waals surface area contributed by atoms with Gasteiger partial charge in [0.15, 0.2) is 11.5 Å². The molecule has 0 unspecified atom stereocenters.